The normalized spacial score (nSPS) is 11.6. The van der Waals surface area contributed by atoms with E-state index in [4.69, 9.17) is 4.74 Å². The summed E-state index contributed by atoms with van der Waals surface area (Å²) in [5.74, 6) is -0.527. The van der Waals surface area contributed by atoms with E-state index in [0.717, 1.165) is 6.20 Å². The van der Waals surface area contributed by atoms with Crippen molar-refractivity contribution >= 4 is 17.5 Å². The molecule has 0 aliphatic carbocycles. The molecule has 1 N–H and O–H groups in total. The van der Waals surface area contributed by atoms with Gasteiger partial charge in [0.1, 0.15) is 24.4 Å². The van der Waals surface area contributed by atoms with Gasteiger partial charge in [-0.05, 0) is 36.8 Å². The average molecular weight is 333 g/mol. The van der Waals surface area contributed by atoms with Crippen molar-refractivity contribution in [3.05, 3.63) is 64.1 Å². The number of nitrogens with zero attached hydrogens (tertiary/aromatic N) is 2. The van der Waals surface area contributed by atoms with Crippen LogP contribution in [0.2, 0.25) is 0 Å². The van der Waals surface area contributed by atoms with Crippen LogP contribution in [0.4, 0.5) is 15.9 Å². The molecule has 0 bridgehead atoms. The first-order valence-electron chi connectivity index (χ1n) is 7.29. The second kappa shape index (κ2) is 8.00. The van der Waals surface area contributed by atoms with Gasteiger partial charge < -0.3 is 10.1 Å². The fraction of sp³-hybridized carbons (Fsp3) is 0.250. The fourth-order valence-electron chi connectivity index (χ4n) is 1.90. The summed E-state index contributed by atoms with van der Waals surface area (Å²) in [5, 5.41) is 13.6. The fourth-order valence-corrected chi connectivity index (χ4v) is 1.90. The first kappa shape index (κ1) is 17.3. The predicted molar refractivity (Wildman–Crippen MR) is 85.3 cm³/mol. The Bertz CT molecular complexity index is 704. The SMILES string of the molecule is CCC(COC(=O)c1ccc(F)cc1)Nc1ccc([N+](=O)[O-])cn1. The molecule has 0 fully saturated rings. The number of nitrogens with one attached hydrogen (secondary N) is 1. The number of esters is 1. The van der Waals surface area contributed by atoms with E-state index in [-0.39, 0.29) is 23.9 Å². The molecule has 1 unspecified atom stereocenters. The molecule has 0 saturated carbocycles. The Balaban J connectivity index is 1.90. The van der Waals surface area contributed by atoms with Gasteiger partial charge in [0.05, 0.1) is 16.5 Å². The van der Waals surface area contributed by atoms with Crippen LogP contribution in [0.15, 0.2) is 42.6 Å². The van der Waals surface area contributed by atoms with E-state index >= 15 is 0 Å². The lowest BCUT2D eigenvalue weighted by molar-refractivity contribution is -0.385. The Kier molecular flexibility index (Phi) is 5.78. The molecule has 0 radical (unpaired) electrons. The molecule has 24 heavy (non-hydrogen) atoms. The maximum absolute atomic E-state index is 12.8. The third-order valence-corrected chi connectivity index (χ3v) is 3.30. The van der Waals surface area contributed by atoms with Crippen molar-refractivity contribution in [2.45, 2.75) is 19.4 Å². The minimum atomic E-state index is -0.549. The van der Waals surface area contributed by atoms with Gasteiger partial charge in [-0.2, -0.15) is 0 Å². The van der Waals surface area contributed by atoms with Gasteiger partial charge >= 0.3 is 5.97 Å². The zero-order chi connectivity index (χ0) is 17.5. The van der Waals surface area contributed by atoms with E-state index in [1.54, 1.807) is 0 Å². The minimum Gasteiger partial charge on any atom is -0.460 e. The summed E-state index contributed by atoms with van der Waals surface area (Å²) in [6.45, 7) is 1.99. The molecule has 1 aromatic heterocycles. The predicted octanol–water partition coefficient (Wildman–Crippen LogP) is 3.18. The molecule has 0 spiro atoms. The van der Waals surface area contributed by atoms with Crippen LogP contribution in [0.1, 0.15) is 23.7 Å². The van der Waals surface area contributed by atoms with Gasteiger partial charge in [0, 0.05) is 6.07 Å². The monoisotopic (exact) mass is 333 g/mol. The standard InChI is InChI=1S/C16H16FN3O4/c1-2-13(19-15-8-7-14(9-18-15)20(22)23)10-24-16(21)11-3-5-12(17)6-4-11/h3-9,13H,2,10H2,1H3,(H,18,19). The molecule has 1 atom stereocenters. The van der Waals surface area contributed by atoms with E-state index in [1.165, 1.54) is 36.4 Å². The highest BCUT2D eigenvalue weighted by molar-refractivity contribution is 5.89. The number of rotatable bonds is 7. The number of aromatic nitrogens is 1. The molecule has 7 nitrogen and oxygen atoms in total. The van der Waals surface area contributed by atoms with Gasteiger partial charge in [0.2, 0.25) is 0 Å². The Morgan fingerprint density at radius 3 is 2.58 bits per heavy atom. The van der Waals surface area contributed by atoms with Gasteiger partial charge in [0.15, 0.2) is 0 Å². The van der Waals surface area contributed by atoms with Gasteiger partial charge in [-0.3, -0.25) is 10.1 Å². The second-order valence-corrected chi connectivity index (χ2v) is 5.01. The summed E-state index contributed by atoms with van der Waals surface area (Å²) in [5.41, 5.74) is 0.163. The minimum absolute atomic E-state index is 0.0887. The number of nitro groups is 1. The molecule has 0 aliphatic rings. The van der Waals surface area contributed by atoms with E-state index in [9.17, 15) is 19.3 Å². The Labute approximate surface area is 137 Å². The van der Waals surface area contributed by atoms with Crippen LogP contribution in [0.25, 0.3) is 0 Å². The Morgan fingerprint density at radius 2 is 2.04 bits per heavy atom. The van der Waals surface area contributed by atoms with Crippen LogP contribution >= 0.6 is 0 Å². The van der Waals surface area contributed by atoms with Gasteiger partial charge in [0.25, 0.3) is 5.69 Å². The number of hydrogen-bond donors (Lipinski definition) is 1. The molecule has 1 aromatic carbocycles. The highest BCUT2D eigenvalue weighted by atomic mass is 19.1. The number of carbonyl (C=O) groups is 1. The van der Waals surface area contributed by atoms with E-state index in [0.29, 0.717) is 12.2 Å². The van der Waals surface area contributed by atoms with Crippen LogP contribution in [0, 0.1) is 15.9 Å². The molecule has 0 amide bonds. The van der Waals surface area contributed by atoms with Crippen molar-refractivity contribution in [2.75, 3.05) is 11.9 Å². The number of halogens is 1. The lowest BCUT2D eigenvalue weighted by Crippen LogP contribution is -2.26. The van der Waals surface area contributed by atoms with Crippen molar-refractivity contribution in [3.63, 3.8) is 0 Å². The number of anilines is 1. The number of pyridine rings is 1. The van der Waals surface area contributed by atoms with E-state index in [2.05, 4.69) is 10.3 Å². The molecule has 2 aromatic rings. The van der Waals surface area contributed by atoms with Gasteiger partial charge in [-0.15, -0.1) is 0 Å². The third-order valence-electron chi connectivity index (χ3n) is 3.30. The molecule has 1 heterocycles. The molecule has 8 heteroatoms. The first-order chi connectivity index (χ1) is 11.5. The second-order valence-electron chi connectivity index (χ2n) is 5.01. The smallest absolute Gasteiger partial charge is 0.338 e. The first-order valence-corrected chi connectivity index (χ1v) is 7.29. The highest BCUT2D eigenvalue weighted by Crippen LogP contribution is 2.13. The van der Waals surface area contributed by atoms with Crippen LogP contribution in [-0.4, -0.2) is 28.5 Å². The van der Waals surface area contributed by atoms with E-state index < -0.39 is 16.7 Å². The summed E-state index contributed by atoms with van der Waals surface area (Å²) in [6.07, 6.45) is 1.80. The van der Waals surface area contributed by atoms with Crippen molar-refractivity contribution in [1.29, 1.82) is 0 Å². The van der Waals surface area contributed by atoms with Crippen molar-refractivity contribution < 1.29 is 18.8 Å². The highest BCUT2D eigenvalue weighted by Gasteiger charge is 2.13. The molecule has 126 valence electrons. The maximum atomic E-state index is 12.8. The lowest BCUT2D eigenvalue weighted by atomic mass is 10.2. The number of hydrogen-bond acceptors (Lipinski definition) is 6. The molecule has 0 aliphatic heterocycles. The summed E-state index contributed by atoms with van der Waals surface area (Å²) < 4.78 is 18.0. The van der Waals surface area contributed by atoms with Crippen molar-refractivity contribution in [3.8, 4) is 0 Å². The van der Waals surface area contributed by atoms with Crippen molar-refractivity contribution in [2.24, 2.45) is 0 Å². The number of benzene rings is 1. The number of carbonyl (C=O) groups excluding carboxylic acids is 1. The van der Waals surface area contributed by atoms with Gasteiger partial charge in [-0.1, -0.05) is 6.92 Å². The molecular formula is C16H16FN3O4. The summed E-state index contributed by atoms with van der Waals surface area (Å²) in [4.78, 5) is 25.9. The summed E-state index contributed by atoms with van der Waals surface area (Å²) >= 11 is 0. The largest absolute Gasteiger partial charge is 0.460 e. The van der Waals surface area contributed by atoms with Crippen LogP contribution in [-0.2, 0) is 4.74 Å². The van der Waals surface area contributed by atoms with Crippen LogP contribution < -0.4 is 5.32 Å². The molecule has 0 saturated heterocycles. The quantitative estimate of drug-likeness (QED) is 0.475. The molecule has 2 rings (SSSR count). The summed E-state index contributed by atoms with van der Waals surface area (Å²) in [7, 11) is 0. The van der Waals surface area contributed by atoms with Crippen LogP contribution in [0.3, 0.4) is 0 Å². The average Bonchev–Trinajstić information content (AvgIpc) is 2.59. The van der Waals surface area contributed by atoms with Crippen molar-refractivity contribution in [1.82, 2.24) is 4.98 Å². The topological polar surface area (TPSA) is 94.4 Å². The Morgan fingerprint density at radius 1 is 1.33 bits per heavy atom. The Hall–Kier alpha value is -3.03. The lowest BCUT2D eigenvalue weighted by Gasteiger charge is -2.17. The zero-order valence-electron chi connectivity index (χ0n) is 12.9. The van der Waals surface area contributed by atoms with Crippen LogP contribution in [0.5, 0.6) is 0 Å². The third kappa shape index (κ3) is 4.73. The zero-order valence-corrected chi connectivity index (χ0v) is 12.9. The van der Waals surface area contributed by atoms with Gasteiger partial charge in [-0.25, -0.2) is 14.2 Å². The van der Waals surface area contributed by atoms with E-state index in [1.807, 2.05) is 6.92 Å². The molecular weight excluding hydrogens is 317 g/mol. The number of ether oxygens (including phenoxy) is 1. The maximum Gasteiger partial charge on any atom is 0.338 e. The summed E-state index contributed by atoms with van der Waals surface area (Å²) in [6, 6.07) is 7.70.